The Labute approximate surface area is 172 Å². The topological polar surface area (TPSA) is 90.3 Å². The van der Waals surface area contributed by atoms with Gasteiger partial charge in [-0.15, -0.1) is 11.3 Å². The number of amides is 1. The lowest BCUT2D eigenvalue weighted by Crippen LogP contribution is -2.33. The van der Waals surface area contributed by atoms with Crippen molar-refractivity contribution in [2.45, 2.75) is 33.2 Å². The summed E-state index contributed by atoms with van der Waals surface area (Å²) < 4.78 is 6.16. The van der Waals surface area contributed by atoms with Crippen molar-refractivity contribution in [2.75, 3.05) is 13.2 Å². The molecule has 1 N–H and O–H groups in total. The van der Waals surface area contributed by atoms with Gasteiger partial charge in [0.1, 0.15) is 11.4 Å². The lowest BCUT2D eigenvalue weighted by atomic mass is 10.1. The minimum Gasteiger partial charge on any atom is -0.466 e. The molecule has 3 aromatic rings. The largest absolute Gasteiger partial charge is 0.466 e. The fraction of sp³-hybridized carbons (Fsp3) is 0.333. The van der Waals surface area contributed by atoms with E-state index in [0.29, 0.717) is 29.8 Å². The van der Waals surface area contributed by atoms with Crippen molar-refractivity contribution in [3.8, 4) is 10.4 Å². The molecule has 0 spiro atoms. The van der Waals surface area contributed by atoms with Gasteiger partial charge in [-0.25, -0.2) is 4.98 Å². The molecule has 29 heavy (non-hydrogen) atoms. The van der Waals surface area contributed by atoms with E-state index < -0.39 is 0 Å². The third-order valence-corrected chi connectivity index (χ3v) is 5.70. The average molecular weight is 413 g/mol. The molecular weight excluding hydrogens is 390 g/mol. The summed E-state index contributed by atoms with van der Waals surface area (Å²) in [5, 5.41) is 3.27. The van der Waals surface area contributed by atoms with Crippen LogP contribution in [-0.2, 0) is 20.9 Å². The Kier molecular flexibility index (Phi) is 6.77. The highest BCUT2D eigenvalue weighted by Crippen LogP contribution is 2.35. The number of hydrogen-bond donors (Lipinski definition) is 1. The number of carbonyl (C=O) groups is 2. The summed E-state index contributed by atoms with van der Waals surface area (Å²) in [5.74, 6) is -0.581. The number of aryl methyl sites for hydroxylation is 1. The van der Waals surface area contributed by atoms with Crippen LogP contribution in [0.5, 0.6) is 0 Å². The molecule has 0 aliphatic rings. The minimum absolute atomic E-state index is 0.114. The number of thiophene rings is 1. The maximum atomic E-state index is 12.9. The van der Waals surface area contributed by atoms with Gasteiger partial charge in [0.05, 0.1) is 18.3 Å². The fourth-order valence-corrected chi connectivity index (χ4v) is 4.19. The Morgan fingerprint density at radius 1 is 1.24 bits per heavy atom. The summed E-state index contributed by atoms with van der Waals surface area (Å²) in [5.41, 5.74) is 1.68. The van der Waals surface area contributed by atoms with Crippen LogP contribution in [0, 0.1) is 6.92 Å². The van der Waals surface area contributed by atoms with Crippen molar-refractivity contribution in [3.63, 3.8) is 0 Å². The van der Waals surface area contributed by atoms with Gasteiger partial charge in [-0.1, -0.05) is 30.3 Å². The number of ether oxygens (including phenoxy) is 1. The Morgan fingerprint density at radius 3 is 2.72 bits per heavy atom. The molecule has 2 aromatic heterocycles. The second-order valence-electron chi connectivity index (χ2n) is 6.54. The number of hydrogen-bond acceptors (Lipinski definition) is 6. The second-order valence-corrected chi connectivity index (χ2v) is 7.54. The van der Waals surface area contributed by atoms with Gasteiger partial charge in [-0.2, -0.15) is 0 Å². The van der Waals surface area contributed by atoms with Crippen molar-refractivity contribution in [1.82, 2.24) is 14.9 Å². The molecule has 152 valence electrons. The van der Waals surface area contributed by atoms with Crippen LogP contribution in [0.3, 0.4) is 0 Å². The zero-order chi connectivity index (χ0) is 20.8. The molecule has 3 rings (SSSR count). The van der Waals surface area contributed by atoms with Crippen LogP contribution in [-0.4, -0.2) is 34.6 Å². The van der Waals surface area contributed by atoms with Crippen molar-refractivity contribution in [1.29, 1.82) is 0 Å². The van der Waals surface area contributed by atoms with E-state index in [1.807, 2.05) is 37.3 Å². The first kappa shape index (κ1) is 20.7. The Hall–Kier alpha value is -3.00. The highest BCUT2D eigenvalue weighted by Gasteiger charge is 2.16. The van der Waals surface area contributed by atoms with Crippen molar-refractivity contribution >= 4 is 33.4 Å². The molecule has 1 aromatic carbocycles. The van der Waals surface area contributed by atoms with E-state index in [9.17, 15) is 14.4 Å². The summed E-state index contributed by atoms with van der Waals surface area (Å²) in [4.78, 5) is 42.4. The Balaban J connectivity index is 1.70. The molecule has 0 atom stereocenters. The molecule has 0 radical (unpaired) electrons. The highest BCUT2D eigenvalue weighted by atomic mass is 32.1. The van der Waals surface area contributed by atoms with Crippen molar-refractivity contribution in [2.24, 2.45) is 0 Å². The molecule has 0 unspecified atom stereocenters. The molecule has 0 saturated carbocycles. The molecule has 7 nitrogen and oxygen atoms in total. The number of rotatable bonds is 8. The van der Waals surface area contributed by atoms with Gasteiger partial charge >= 0.3 is 5.97 Å². The molecule has 0 aliphatic heterocycles. The van der Waals surface area contributed by atoms with Crippen LogP contribution in [0.1, 0.15) is 25.3 Å². The fourth-order valence-electron chi connectivity index (χ4n) is 3.04. The van der Waals surface area contributed by atoms with Crippen LogP contribution in [0.2, 0.25) is 0 Å². The van der Waals surface area contributed by atoms with Crippen LogP contribution in [0.25, 0.3) is 20.7 Å². The van der Waals surface area contributed by atoms with Gasteiger partial charge in [-0.05, 0) is 31.4 Å². The maximum Gasteiger partial charge on any atom is 0.305 e. The number of nitrogens with zero attached hydrogens (tertiary/aromatic N) is 2. The number of aromatic nitrogens is 2. The van der Waals surface area contributed by atoms with Crippen molar-refractivity contribution < 1.29 is 14.3 Å². The average Bonchev–Trinajstić information content (AvgIpc) is 3.05. The molecule has 0 bridgehead atoms. The van der Waals surface area contributed by atoms with E-state index in [1.54, 1.807) is 6.92 Å². The second kappa shape index (κ2) is 9.47. The number of benzene rings is 1. The Bertz CT molecular complexity index is 1070. The summed E-state index contributed by atoms with van der Waals surface area (Å²) in [6, 6.07) is 9.86. The number of esters is 1. The quantitative estimate of drug-likeness (QED) is 0.453. The predicted octanol–water partition coefficient (Wildman–Crippen LogP) is 2.89. The van der Waals surface area contributed by atoms with E-state index in [0.717, 1.165) is 16.0 Å². The van der Waals surface area contributed by atoms with Crippen LogP contribution >= 0.6 is 11.3 Å². The number of carbonyl (C=O) groups excluding carboxylic acids is 2. The number of fused-ring (bicyclic) bond motifs is 1. The molecular formula is C21H23N3O4S. The van der Waals surface area contributed by atoms with E-state index in [2.05, 4.69) is 10.3 Å². The molecule has 2 heterocycles. The third kappa shape index (κ3) is 4.89. The van der Waals surface area contributed by atoms with Gasteiger partial charge in [0, 0.05) is 17.8 Å². The predicted molar refractivity (Wildman–Crippen MR) is 113 cm³/mol. The zero-order valence-corrected chi connectivity index (χ0v) is 17.3. The molecule has 0 fully saturated rings. The maximum absolute atomic E-state index is 12.9. The molecule has 1 amide bonds. The SMILES string of the molecule is CCOC(=O)CCCNC(=O)Cn1cnc2sc(-c3ccccc3)c(C)c2c1=O. The molecule has 0 aliphatic carbocycles. The van der Waals surface area contributed by atoms with Gasteiger partial charge < -0.3 is 10.1 Å². The monoisotopic (exact) mass is 413 g/mol. The molecule has 8 heteroatoms. The summed E-state index contributed by atoms with van der Waals surface area (Å²) >= 11 is 1.47. The highest BCUT2D eigenvalue weighted by molar-refractivity contribution is 7.22. The van der Waals surface area contributed by atoms with Crippen molar-refractivity contribution in [3.05, 3.63) is 52.6 Å². The van der Waals surface area contributed by atoms with E-state index in [-0.39, 0.29) is 30.4 Å². The molecule has 0 saturated heterocycles. The van der Waals surface area contributed by atoms with Gasteiger partial charge in [-0.3, -0.25) is 19.0 Å². The number of nitrogens with one attached hydrogen (secondary N) is 1. The van der Waals surface area contributed by atoms with E-state index >= 15 is 0 Å². The zero-order valence-electron chi connectivity index (χ0n) is 16.4. The minimum atomic E-state index is -0.298. The first-order chi connectivity index (χ1) is 14.0. The van der Waals surface area contributed by atoms with Crippen LogP contribution in [0.15, 0.2) is 41.5 Å². The smallest absolute Gasteiger partial charge is 0.305 e. The lowest BCUT2D eigenvalue weighted by molar-refractivity contribution is -0.143. The van der Waals surface area contributed by atoms with E-state index in [4.69, 9.17) is 4.74 Å². The summed E-state index contributed by atoms with van der Waals surface area (Å²) in [6.07, 6.45) is 2.15. The van der Waals surface area contributed by atoms with Gasteiger partial charge in [0.2, 0.25) is 5.91 Å². The summed E-state index contributed by atoms with van der Waals surface area (Å²) in [7, 11) is 0. The normalized spacial score (nSPS) is 10.8. The summed E-state index contributed by atoms with van der Waals surface area (Å²) in [6.45, 7) is 4.23. The third-order valence-electron chi connectivity index (χ3n) is 4.45. The van der Waals surface area contributed by atoms with Crippen LogP contribution in [0.4, 0.5) is 0 Å². The first-order valence-corrected chi connectivity index (χ1v) is 10.3. The van der Waals surface area contributed by atoms with Crippen LogP contribution < -0.4 is 10.9 Å². The van der Waals surface area contributed by atoms with Gasteiger partial charge in [0.15, 0.2) is 0 Å². The standard InChI is InChI=1S/C21H23N3O4S/c1-3-28-17(26)10-7-11-22-16(25)12-24-13-23-20-18(21(24)27)14(2)19(29-20)15-8-5-4-6-9-15/h4-6,8-9,13H,3,7,10-12H2,1-2H3,(H,22,25). The van der Waals surface area contributed by atoms with E-state index in [1.165, 1.54) is 22.2 Å². The lowest BCUT2D eigenvalue weighted by Gasteiger charge is -2.07. The van der Waals surface area contributed by atoms with Gasteiger partial charge in [0.25, 0.3) is 5.56 Å². The Morgan fingerprint density at radius 2 is 2.00 bits per heavy atom. The first-order valence-electron chi connectivity index (χ1n) is 9.47.